The molecule has 6 heteroatoms. The molecule has 14 heavy (non-hydrogen) atoms. The van der Waals surface area contributed by atoms with Gasteiger partial charge in [-0.25, -0.2) is 8.42 Å². The molecule has 0 radical (unpaired) electrons. The number of hydrogen-bond acceptors (Lipinski definition) is 3. The van der Waals surface area contributed by atoms with Crippen LogP contribution < -0.4 is 5.73 Å². The quantitative estimate of drug-likeness (QED) is 0.878. The lowest BCUT2D eigenvalue weighted by atomic mass is 10.4. The topological polar surface area (TPSA) is 60.2 Å². The van der Waals surface area contributed by atoms with Gasteiger partial charge in [-0.3, -0.25) is 0 Å². The summed E-state index contributed by atoms with van der Waals surface area (Å²) in [4.78, 5) is 0.0851. The highest BCUT2D eigenvalue weighted by molar-refractivity contribution is 7.92. The second-order valence-electron chi connectivity index (χ2n) is 2.83. The van der Waals surface area contributed by atoms with Crippen molar-refractivity contribution in [3.8, 4) is 0 Å². The Labute approximate surface area is 92.7 Å². The van der Waals surface area contributed by atoms with E-state index in [4.69, 9.17) is 28.9 Å². The van der Waals surface area contributed by atoms with Crippen LogP contribution in [0.4, 0.5) is 0 Å². The number of halogens is 2. The maximum Gasteiger partial charge on any atom is 0.193 e. The summed E-state index contributed by atoms with van der Waals surface area (Å²) in [5.41, 5.74) is 5.33. The molecule has 1 rings (SSSR count). The van der Waals surface area contributed by atoms with Gasteiger partial charge in [-0.15, -0.1) is 0 Å². The summed E-state index contributed by atoms with van der Waals surface area (Å²) in [7, 11) is -3.48. The van der Waals surface area contributed by atoms with E-state index in [0.717, 1.165) is 0 Å². The Morgan fingerprint density at radius 2 is 1.86 bits per heavy atom. The average molecular weight is 254 g/mol. The van der Waals surface area contributed by atoms with Gasteiger partial charge in [0.15, 0.2) is 9.84 Å². The number of rotatable bonds is 2. The highest BCUT2D eigenvalue weighted by Crippen LogP contribution is 2.25. The molecule has 0 saturated carbocycles. The molecule has 0 bridgehead atoms. The maximum atomic E-state index is 11.6. The normalized spacial score (nSPS) is 14.0. The third kappa shape index (κ3) is 2.20. The van der Waals surface area contributed by atoms with Crippen LogP contribution in [0, 0.1) is 0 Å². The minimum atomic E-state index is -3.48. The monoisotopic (exact) mass is 253 g/mol. The fraction of sp³-hybridized carbons (Fsp3) is 0.250. The van der Waals surface area contributed by atoms with Gasteiger partial charge in [0.1, 0.15) is 5.37 Å². The van der Waals surface area contributed by atoms with Crippen LogP contribution in [-0.2, 0) is 9.84 Å². The van der Waals surface area contributed by atoms with E-state index in [0.29, 0.717) is 5.02 Å². The van der Waals surface area contributed by atoms with E-state index >= 15 is 0 Å². The van der Waals surface area contributed by atoms with Gasteiger partial charge in [0.2, 0.25) is 0 Å². The average Bonchev–Trinajstić information content (AvgIpc) is 2.09. The smallest absolute Gasteiger partial charge is 0.193 e. The molecule has 1 unspecified atom stereocenters. The SMILES string of the molecule is CC(N)S(=O)(=O)c1ccc(Cl)c(Cl)c1. The number of hydrogen-bond donors (Lipinski definition) is 1. The molecule has 0 aliphatic rings. The molecule has 1 aromatic rings. The van der Waals surface area contributed by atoms with Crippen molar-refractivity contribution in [1.29, 1.82) is 0 Å². The molecule has 0 fully saturated rings. The Morgan fingerprint density at radius 1 is 1.29 bits per heavy atom. The van der Waals surface area contributed by atoms with Crippen molar-refractivity contribution < 1.29 is 8.42 Å². The molecule has 0 saturated heterocycles. The molecule has 1 atom stereocenters. The van der Waals surface area contributed by atoms with E-state index in [9.17, 15) is 8.42 Å². The fourth-order valence-electron chi connectivity index (χ4n) is 0.868. The highest BCUT2D eigenvalue weighted by Gasteiger charge is 2.20. The first-order chi connectivity index (χ1) is 6.35. The molecule has 0 heterocycles. The van der Waals surface area contributed by atoms with E-state index in [1.54, 1.807) is 0 Å². The fourth-order valence-corrected chi connectivity index (χ4v) is 2.20. The van der Waals surface area contributed by atoms with Gasteiger partial charge in [-0.05, 0) is 25.1 Å². The summed E-state index contributed by atoms with van der Waals surface area (Å²) in [6.45, 7) is 1.40. The van der Waals surface area contributed by atoms with E-state index in [2.05, 4.69) is 0 Å². The van der Waals surface area contributed by atoms with Crippen LogP contribution in [-0.4, -0.2) is 13.8 Å². The zero-order chi connectivity index (χ0) is 10.9. The first-order valence-electron chi connectivity index (χ1n) is 3.80. The predicted molar refractivity (Wildman–Crippen MR) is 57.3 cm³/mol. The van der Waals surface area contributed by atoms with Crippen LogP contribution in [0.5, 0.6) is 0 Å². The summed E-state index contributed by atoms with van der Waals surface area (Å²) in [6, 6.07) is 4.11. The van der Waals surface area contributed by atoms with Gasteiger partial charge in [0.05, 0.1) is 14.9 Å². The Morgan fingerprint density at radius 3 is 2.29 bits per heavy atom. The Hall–Kier alpha value is -0.290. The van der Waals surface area contributed by atoms with Crippen LogP contribution in [0.3, 0.4) is 0 Å². The highest BCUT2D eigenvalue weighted by atomic mass is 35.5. The van der Waals surface area contributed by atoms with Crippen LogP contribution in [0.15, 0.2) is 23.1 Å². The number of sulfone groups is 1. The van der Waals surface area contributed by atoms with Crippen LogP contribution in [0.1, 0.15) is 6.92 Å². The molecular weight excluding hydrogens is 245 g/mol. The lowest BCUT2D eigenvalue weighted by molar-refractivity contribution is 0.585. The summed E-state index contributed by atoms with van der Waals surface area (Å²) in [5, 5.41) is -0.441. The molecule has 3 nitrogen and oxygen atoms in total. The second kappa shape index (κ2) is 4.06. The second-order valence-corrected chi connectivity index (χ2v) is 5.95. The van der Waals surface area contributed by atoms with Crippen LogP contribution in [0.25, 0.3) is 0 Å². The maximum absolute atomic E-state index is 11.6. The minimum Gasteiger partial charge on any atom is -0.315 e. The molecular formula is C8H9Cl2NO2S. The number of benzene rings is 1. The van der Waals surface area contributed by atoms with Crippen molar-refractivity contribution in [3.63, 3.8) is 0 Å². The Kier molecular flexibility index (Phi) is 3.42. The van der Waals surface area contributed by atoms with Gasteiger partial charge >= 0.3 is 0 Å². The van der Waals surface area contributed by atoms with Crippen molar-refractivity contribution >= 4 is 33.0 Å². The zero-order valence-electron chi connectivity index (χ0n) is 7.37. The van der Waals surface area contributed by atoms with Gasteiger partial charge in [-0.2, -0.15) is 0 Å². The van der Waals surface area contributed by atoms with E-state index < -0.39 is 15.2 Å². The first-order valence-corrected chi connectivity index (χ1v) is 6.10. The standard InChI is InChI=1S/C8H9Cl2NO2S/c1-5(11)14(12,13)6-2-3-7(9)8(10)4-6/h2-5H,11H2,1H3. The minimum absolute atomic E-state index is 0.0851. The molecule has 0 aromatic heterocycles. The molecule has 2 N–H and O–H groups in total. The van der Waals surface area contributed by atoms with Gasteiger partial charge in [0.25, 0.3) is 0 Å². The third-order valence-electron chi connectivity index (χ3n) is 1.71. The van der Waals surface area contributed by atoms with E-state index in [-0.39, 0.29) is 9.92 Å². The first kappa shape index (κ1) is 11.8. The van der Waals surface area contributed by atoms with Gasteiger partial charge in [0, 0.05) is 0 Å². The molecule has 0 aliphatic heterocycles. The largest absolute Gasteiger partial charge is 0.315 e. The lowest BCUT2D eigenvalue weighted by Gasteiger charge is -2.08. The van der Waals surface area contributed by atoms with Crippen LogP contribution in [0.2, 0.25) is 10.0 Å². The number of nitrogens with two attached hydrogens (primary N) is 1. The van der Waals surface area contributed by atoms with Gasteiger partial charge in [-0.1, -0.05) is 23.2 Å². The Bertz CT molecular complexity index is 443. The molecule has 1 aromatic carbocycles. The molecule has 0 aliphatic carbocycles. The summed E-state index contributed by atoms with van der Waals surface area (Å²) in [5.74, 6) is 0. The Balaban J connectivity index is 3.29. The van der Waals surface area contributed by atoms with E-state index in [1.165, 1.54) is 25.1 Å². The molecule has 78 valence electrons. The van der Waals surface area contributed by atoms with E-state index in [1.807, 2.05) is 0 Å². The van der Waals surface area contributed by atoms with Crippen LogP contribution >= 0.6 is 23.2 Å². The summed E-state index contributed by atoms with van der Waals surface area (Å²) in [6.07, 6.45) is 0. The van der Waals surface area contributed by atoms with Crippen molar-refractivity contribution in [1.82, 2.24) is 0 Å². The zero-order valence-corrected chi connectivity index (χ0v) is 9.70. The summed E-state index contributed by atoms with van der Waals surface area (Å²) < 4.78 is 23.1. The predicted octanol–water partition coefficient (Wildman–Crippen LogP) is 2.07. The lowest BCUT2D eigenvalue weighted by Crippen LogP contribution is -2.26. The van der Waals surface area contributed by atoms with Gasteiger partial charge < -0.3 is 5.73 Å². The molecule has 0 spiro atoms. The molecule has 0 amide bonds. The van der Waals surface area contributed by atoms with Crippen molar-refractivity contribution in [2.75, 3.05) is 0 Å². The van der Waals surface area contributed by atoms with Crippen molar-refractivity contribution in [2.45, 2.75) is 17.2 Å². The third-order valence-corrected chi connectivity index (χ3v) is 4.34. The summed E-state index contributed by atoms with van der Waals surface area (Å²) >= 11 is 11.3. The van der Waals surface area contributed by atoms with Crippen molar-refractivity contribution in [2.24, 2.45) is 5.73 Å². The van der Waals surface area contributed by atoms with Crippen molar-refractivity contribution in [3.05, 3.63) is 28.2 Å².